The Balaban J connectivity index is 1.20. The van der Waals surface area contributed by atoms with Gasteiger partial charge in [-0.15, -0.1) is 0 Å². The number of phenols is 1. The number of aliphatic hydroxyl groups is 2. The van der Waals surface area contributed by atoms with Crippen molar-refractivity contribution in [3.05, 3.63) is 113 Å². The van der Waals surface area contributed by atoms with E-state index in [0.717, 1.165) is 55.6 Å². The predicted octanol–water partition coefficient (Wildman–Crippen LogP) is 6.59. The van der Waals surface area contributed by atoms with Crippen molar-refractivity contribution in [2.24, 2.45) is 17.8 Å². The van der Waals surface area contributed by atoms with E-state index in [-0.39, 0.29) is 24.5 Å². The number of aromatic hydroxyl groups is 1. The number of hydrogen-bond acceptors (Lipinski definition) is 6. The first kappa shape index (κ1) is 34.7. The minimum Gasteiger partial charge on any atom is -0.505 e. The number of carbonyl (C=O) groups excluding carboxylic acids is 2. The molecule has 3 aromatic rings. The molecule has 0 saturated carbocycles. The quantitative estimate of drug-likeness (QED) is 0.115. The van der Waals surface area contributed by atoms with Gasteiger partial charge < -0.3 is 15.3 Å². The Morgan fingerprint density at radius 1 is 0.980 bits per heavy atom. The van der Waals surface area contributed by atoms with Crippen molar-refractivity contribution in [3.63, 3.8) is 0 Å². The molecule has 6 rings (SSSR count). The van der Waals surface area contributed by atoms with Crippen LogP contribution in [0.3, 0.4) is 0 Å². The number of phenolic OH excluding ortho intramolecular Hbond substituents is 1. The molecule has 2 fully saturated rings. The number of benzene rings is 3. The van der Waals surface area contributed by atoms with E-state index in [4.69, 9.17) is 0 Å². The molecule has 0 bridgehead atoms. The first-order chi connectivity index (χ1) is 23.8. The average Bonchev–Trinajstić information content (AvgIpc) is 3.37. The first-order valence-corrected chi connectivity index (χ1v) is 17.7. The smallest absolute Gasteiger partial charge is 0.234 e. The zero-order valence-electron chi connectivity index (χ0n) is 28.2. The van der Waals surface area contributed by atoms with E-state index in [1.807, 2.05) is 54.6 Å². The average molecular weight is 667 g/mol. The summed E-state index contributed by atoms with van der Waals surface area (Å²) in [5, 5.41) is 32.3. The first-order valence-electron chi connectivity index (χ1n) is 17.7. The van der Waals surface area contributed by atoms with Crippen LogP contribution in [-0.2, 0) is 16.1 Å². The van der Waals surface area contributed by atoms with E-state index < -0.39 is 35.4 Å². The Labute approximate surface area is 288 Å². The number of piperidine rings is 1. The van der Waals surface area contributed by atoms with Gasteiger partial charge in [-0.25, -0.2) is 4.39 Å². The molecule has 2 saturated heterocycles. The molecule has 3 N–H and O–H groups in total. The van der Waals surface area contributed by atoms with Gasteiger partial charge in [-0.3, -0.25) is 19.4 Å². The van der Waals surface area contributed by atoms with Crippen LogP contribution < -0.4 is 0 Å². The number of allylic oxidation sites excluding steroid dienone is 2. The van der Waals surface area contributed by atoms with Crippen LogP contribution in [0, 0.1) is 23.6 Å². The molecule has 4 atom stereocenters. The molecule has 2 heterocycles. The predicted molar refractivity (Wildman–Crippen MR) is 188 cm³/mol. The van der Waals surface area contributed by atoms with Gasteiger partial charge in [-0.2, -0.15) is 0 Å². The van der Waals surface area contributed by atoms with E-state index in [2.05, 4.69) is 24.0 Å². The normalized spacial score (nSPS) is 22.9. The monoisotopic (exact) mass is 666 g/mol. The number of halogens is 1. The molecule has 2 amide bonds. The zero-order valence-corrected chi connectivity index (χ0v) is 28.2. The van der Waals surface area contributed by atoms with Crippen molar-refractivity contribution in [1.82, 2.24) is 9.80 Å². The molecule has 258 valence electrons. The molecule has 49 heavy (non-hydrogen) atoms. The van der Waals surface area contributed by atoms with Gasteiger partial charge >= 0.3 is 0 Å². The Bertz CT molecular complexity index is 1680. The summed E-state index contributed by atoms with van der Waals surface area (Å²) in [5.74, 6) is -3.31. The van der Waals surface area contributed by atoms with Gasteiger partial charge in [0.25, 0.3) is 0 Å². The number of nitrogens with zero attached hydrogens (tertiary/aromatic N) is 2. The maximum absolute atomic E-state index is 14.2. The van der Waals surface area contributed by atoms with E-state index in [1.54, 1.807) is 6.07 Å². The summed E-state index contributed by atoms with van der Waals surface area (Å²) in [5.41, 5.74) is 5.32. The fraction of sp³-hybridized carbons (Fsp3) is 0.415. The molecular weight excluding hydrogens is 619 g/mol. The number of aliphatic hydroxyl groups excluding tert-OH is 2. The van der Waals surface area contributed by atoms with Gasteiger partial charge in [0.2, 0.25) is 11.8 Å². The SMILES string of the molecule is CCCC1=C([C@H](O)CC/C(=C/c2ccc(O)c(F)c2)c2ccccc2)[C@H](CO)[C@@H]2C(=O)N(C3CCN(Cc4ccccc4)CC3)C(=O)[C@@H]2C1. The minimum absolute atomic E-state index is 0.132. The second-order valence-corrected chi connectivity index (χ2v) is 13.8. The molecule has 2 aliphatic heterocycles. The topological polar surface area (TPSA) is 101 Å². The Hall–Kier alpha value is -4.11. The van der Waals surface area contributed by atoms with Crippen molar-refractivity contribution in [2.75, 3.05) is 19.7 Å². The minimum atomic E-state index is -0.929. The number of carbonyl (C=O) groups is 2. The van der Waals surface area contributed by atoms with E-state index in [1.165, 1.54) is 22.6 Å². The Kier molecular flexibility index (Phi) is 11.1. The highest BCUT2D eigenvalue weighted by Gasteiger charge is 2.56. The lowest BCUT2D eigenvalue weighted by molar-refractivity contribution is -0.144. The van der Waals surface area contributed by atoms with Crippen LogP contribution in [0.1, 0.15) is 68.6 Å². The van der Waals surface area contributed by atoms with Crippen LogP contribution in [0.15, 0.2) is 90.0 Å². The molecule has 0 unspecified atom stereocenters. The summed E-state index contributed by atoms with van der Waals surface area (Å²) in [7, 11) is 0. The molecule has 1 aliphatic carbocycles. The highest BCUT2D eigenvalue weighted by Crippen LogP contribution is 2.48. The lowest BCUT2D eigenvalue weighted by atomic mass is 9.67. The van der Waals surface area contributed by atoms with E-state index in [0.29, 0.717) is 36.8 Å². The van der Waals surface area contributed by atoms with Gasteiger partial charge in [0.1, 0.15) is 0 Å². The second kappa shape index (κ2) is 15.6. The molecule has 0 spiro atoms. The summed E-state index contributed by atoms with van der Waals surface area (Å²) < 4.78 is 14.2. The molecule has 0 radical (unpaired) electrons. The number of amides is 2. The lowest BCUT2D eigenvalue weighted by Gasteiger charge is -2.37. The highest BCUT2D eigenvalue weighted by atomic mass is 19.1. The summed E-state index contributed by atoms with van der Waals surface area (Å²) in [6, 6.07) is 24.1. The van der Waals surface area contributed by atoms with E-state index >= 15 is 0 Å². The highest BCUT2D eigenvalue weighted by molar-refractivity contribution is 6.06. The van der Waals surface area contributed by atoms with Gasteiger partial charge in [0.15, 0.2) is 11.6 Å². The third-order valence-corrected chi connectivity index (χ3v) is 10.6. The zero-order chi connectivity index (χ0) is 34.5. The standard InChI is InChI=1S/C41H47FN2O5/c1-2-9-31-24-33-39(41(49)44(40(33)48)32-18-20-43(21-19-32)25-27-10-5-3-6-11-27)34(26-45)38(31)37(47)17-15-30(29-12-7-4-8-13-29)22-28-14-16-36(46)35(42)23-28/h3-8,10-14,16,22-23,32-34,37,39,45-47H,2,9,15,17-21,24-26H2,1H3/b30-22-/t33-,34+,37-,39-/m1/s1. The van der Waals surface area contributed by atoms with Gasteiger partial charge in [-0.05, 0) is 78.5 Å². The van der Waals surface area contributed by atoms with Crippen LogP contribution in [-0.4, -0.2) is 68.8 Å². The van der Waals surface area contributed by atoms with Crippen molar-refractivity contribution < 1.29 is 29.3 Å². The largest absolute Gasteiger partial charge is 0.505 e. The lowest BCUT2D eigenvalue weighted by Crippen LogP contribution is -2.47. The molecule has 3 aromatic carbocycles. The van der Waals surface area contributed by atoms with Crippen LogP contribution in [0.4, 0.5) is 4.39 Å². The molecule has 8 heteroatoms. The fourth-order valence-electron chi connectivity index (χ4n) is 8.27. The number of fused-ring (bicyclic) bond motifs is 1. The van der Waals surface area contributed by atoms with Crippen molar-refractivity contribution in [1.29, 1.82) is 0 Å². The third kappa shape index (κ3) is 7.57. The summed E-state index contributed by atoms with van der Waals surface area (Å²) in [6.45, 7) is 4.17. The summed E-state index contributed by atoms with van der Waals surface area (Å²) in [6.07, 6.45) is 5.05. The maximum Gasteiger partial charge on any atom is 0.234 e. The third-order valence-electron chi connectivity index (χ3n) is 10.6. The van der Waals surface area contributed by atoms with Crippen LogP contribution in [0.25, 0.3) is 11.6 Å². The van der Waals surface area contributed by atoms with Gasteiger partial charge in [0.05, 0.1) is 24.5 Å². The van der Waals surface area contributed by atoms with Crippen molar-refractivity contribution in [3.8, 4) is 5.75 Å². The van der Waals surface area contributed by atoms with Gasteiger partial charge in [-0.1, -0.05) is 91.7 Å². The van der Waals surface area contributed by atoms with Crippen LogP contribution in [0.2, 0.25) is 0 Å². The Morgan fingerprint density at radius 2 is 1.67 bits per heavy atom. The number of hydrogen-bond donors (Lipinski definition) is 3. The van der Waals surface area contributed by atoms with Gasteiger partial charge in [0, 0.05) is 31.6 Å². The van der Waals surface area contributed by atoms with E-state index in [9.17, 15) is 29.3 Å². The molecule has 7 nitrogen and oxygen atoms in total. The Morgan fingerprint density at radius 3 is 2.33 bits per heavy atom. The van der Waals surface area contributed by atoms with Crippen LogP contribution >= 0.6 is 0 Å². The molecule has 0 aromatic heterocycles. The van der Waals surface area contributed by atoms with Crippen LogP contribution in [0.5, 0.6) is 5.75 Å². The number of rotatable bonds is 12. The summed E-state index contributed by atoms with van der Waals surface area (Å²) >= 11 is 0. The number of imide groups is 1. The number of likely N-dealkylation sites (tertiary alicyclic amines) is 2. The second-order valence-electron chi connectivity index (χ2n) is 13.8. The molecular formula is C41H47FN2O5. The molecule has 3 aliphatic rings. The fourth-order valence-corrected chi connectivity index (χ4v) is 8.27. The maximum atomic E-state index is 14.2. The van der Waals surface area contributed by atoms with Crippen molar-refractivity contribution in [2.45, 2.75) is 70.6 Å². The van der Waals surface area contributed by atoms with Crippen molar-refractivity contribution >= 4 is 23.5 Å². The summed E-state index contributed by atoms with van der Waals surface area (Å²) in [4.78, 5) is 32.0.